The summed E-state index contributed by atoms with van der Waals surface area (Å²) in [5.41, 5.74) is 2.31. The van der Waals surface area contributed by atoms with Gasteiger partial charge in [0.25, 0.3) is 5.78 Å². The Morgan fingerprint density at radius 1 is 0.806 bits per heavy atom. The van der Waals surface area contributed by atoms with E-state index in [9.17, 15) is 0 Å². The lowest BCUT2D eigenvalue weighted by atomic mass is 10.1. The SMILES string of the molecule is CN1CCN(Cc2cc(N3CCN(C)CC3)n3nc(Cc4ccccc4)nc3n2)CC1. The standard InChI is InChI=1S/C23H32N8/c1-27-8-12-29(13-9-27)18-20-17-22(30-14-10-28(2)11-15-30)31-23(24-20)25-21(26-31)16-19-6-4-3-5-7-19/h3-7,17H,8-16,18H2,1-2H3. The Bertz CT molecular complexity index is 1000. The summed E-state index contributed by atoms with van der Waals surface area (Å²) in [5, 5.41) is 4.87. The fraction of sp³-hybridized carbons (Fsp3) is 0.522. The fourth-order valence-corrected chi connectivity index (χ4v) is 4.37. The molecule has 0 amide bonds. The summed E-state index contributed by atoms with van der Waals surface area (Å²) in [4.78, 5) is 19.4. The lowest BCUT2D eigenvalue weighted by Crippen LogP contribution is -2.45. The van der Waals surface area contributed by atoms with Crippen LogP contribution in [0.25, 0.3) is 5.78 Å². The molecular weight excluding hydrogens is 388 g/mol. The molecular formula is C23H32N8. The first kappa shape index (κ1) is 20.4. The van der Waals surface area contributed by atoms with Crippen molar-refractivity contribution in [2.24, 2.45) is 0 Å². The van der Waals surface area contributed by atoms with E-state index in [1.54, 1.807) is 0 Å². The van der Waals surface area contributed by atoms with Gasteiger partial charge in [0, 0.05) is 71.4 Å². The number of hydrogen-bond donors (Lipinski definition) is 0. The van der Waals surface area contributed by atoms with Crippen molar-refractivity contribution in [3.8, 4) is 0 Å². The normalized spacial score (nSPS) is 19.4. The monoisotopic (exact) mass is 420 g/mol. The van der Waals surface area contributed by atoms with E-state index in [-0.39, 0.29) is 0 Å². The Labute approximate surface area is 184 Å². The van der Waals surface area contributed by atoms with Crippen LogP contribution >= 0.6 is 0 Å². The summed E-state index contributed by atoms with van der Waals surface area (Å²) >= 11 is 0. The molecule has 0 aliphatic carbocycles. The highest BCUT2D eigenvalue weighted by atomic mass is 15.4. The molecule has 2 aliphatic heterocycles. The molecule has 8 nitrogen and oxygen atoms in total. The lowest BCUT2D eigenvalue weighted by Gasteiger charge is -2.34. The molecule has 4 heterocycles. The molecule has 31 heavy (non-hydrogen) atoms. The van der Waals surface area contributed by atoms with Gasteiger partial charge in [-0.3, -0.25) is 4.90 Å². The third kappa shape index (κ3) is 4.71. The molecule has 2 fully saturated rings. The third-order valence-corrected chi connectivity index (χ3v) is 6.40. The van der Waals surface area contributed by atoms with Crippen LogP contribution in [0.3, 0.4) is 0 Å². The Kier molecular flexibility index (Phi) is 5.85. The van der Waals surface area contributed by atoms with Crippen LogP contribution in [0.1, 0.15) is 17.1 Å². The van der Waals surface area contributed by atoms with E-state index >= 15 is 0 Å². The highest BCUT2D eigenvalue weighted by molar-refractivity contribution is 5.48. The smallest absolute Gasteiger partial charge is 0.254 e. The van der Waals surface area contributed by atoms with Gasteiger partial charge in [0.1, 0.15) is 5.82 Å². The molecule has 0 bridgehead atoms. The molecule has 164 valence electrons. The van der Waals surface area contributed by atoms with E-state index in [1.807, 2.05) is 10.6 Å². The van der Waals surface area contributed by atoms with Crippen LogP contribution in [0.15, 0.2) is 36.4 Å². The molecule has 2 saturated heterocycles. The quantitative estimate of drug-likeness (QED) is 0.615. The maximum atomic E-state index is 4.92. The zero-order valence-corrected chi connectivity index (χ0v) is 18.6. The second-order valence-corrected chi connectivity index (χ2v) is 8.88. The zero-order valence-electron chi connectivity index (χ0n) is 18.6. The van der Waals surface area contributed by atoms with E-state index in [0.717, 1.165) is 82.7 Å². The number of fused-ring (bicyclic) bond motifs is 1. The number of piperazine rings is 2. The van der Waals surface area contributed by atoms with Crippen molar-refractivity contribution in [1.82, 2.24) is 34.3 Å². The Morgan fingerprint density at radius 2 is 1.48 bits per heavy atom. The first-order chi connectivity index (χ1) is 15.1. The molecule has 0 saturated carbocycles. The Hall–Kier alpha value is -2.55. The summed E-state index contributed by atoms with van der Waals surface area (Å²) in [7, 11) is 4.38. The van der Waals surface area contributed by atoms with Gasteiger partial charge < -0.3 is 14.7 Å². The fourth-order valence-electron chi connectivity index (χ4n) is 4.37. The van der Waals surface area contributed by atoms with Crippen molar-refractivity contribution in [2.45, 2.75) is 13.0 Å². The number of benzene rings is 1. The van der Waals surface area contributed by atoms with Gasteiger partial charge in [-0.25, -0.2) is 4.98 Å². The predicted octanol–water partition coefficient (Wildman–Crippen LogP) is 1.21. The Balaban J connectivity index is 1.46. The summed E-state index contributed by atoms with van der Waals surface area (Å²) < 4.78 is 1.96. The second-order valence-electron chi connectivity index (χ2n) is 8.88. The summed E-state index contributed by atoms with van der Waals surface area (Å²) in [6.07, 6.45) is 0.722. The summed E-state index contributed by atoms with van der Waals surface area (Å²) in [5.74, 6) is 2.66. The summed E-state index contributed by atoms with van der Waals surface area (Å²) in [6, 6.07) is 12.6. The van der Waals surface area contributed by atoms with Crippen LogP contribution in [-0.4, -0.2) is 101 Å². The van der Waals surface area contributed by atoms with Gasteiger partial charge in [-0.2, -0.15) is 9.50 Å². The van der Waals surface area contributed by atoms with E-state index in [0.29, 0.717) is 5.78 Å². The van der Waals surface area contributed by atoms with Crippen molar-refractivity contribution in [2.75, 3.05) is 71.4 Å². The number of aromatic nitrogens is 4. The average Bonchev–Trinajstić information content (AvgIpc) is 3.18. The minimum atomic E-state index is 0.714. The highest BCUT2D eigenvalue weighted by Gasteiger charge is 2.21. The topological polar surface area (TPSA) is 56.0 Å². The van der Waals surface area contributed by atoms with Crippen molar-refractivity contribution in [1.29, 1.82) is 0 Å². The lowest BCUT2D eigenvalue weighted by molar-refractivity contribution is 0.147. The van der Waals surface area contributed by atoms with Gasteiger partial charge in [-0.15, -0.1) is 5.10 Å². The molecule has 0 N–H and O–H groups in total. The van der Waals surface area contributed by atoms with Crippen molar-refractivity contribution in [3.63, 3.8) is 0 Å². The van der Waals surface area contributed by atoms with E-state index in [1.165, 1.54) is 5.56 Å². The van der Waals surface area contributed by atoms with Gasteiger partial charge in [0.15, 0.2) is 5.82 Å². The van der Waals surface area contributed by atoms with Gasteiger partial charge in [-0.05, 0) is 19.7 Å². The van der Waals surface area contributed by atoms with Crippen molar-refractivity contribution >= 4 is 11.6 Å². The van der Waals surface area contributed by atoms with E-state index in [4.69, 9.17) is 15.1 Å². The first-order valence-electron chi connectivity index (χ1n) is 11.3. The maximum absolute atomic E-state index is 4.92. The minimum Gasteiger partial charge on any atom is -0.354 e. The molecule has 1 aromatic carbocycles. The van der Waals surface area contributed by atoms with Crippen LogP contribution in [0, 0.1) is 0 Å². The second kappa shape index (κ2) is 8.90. The molecule has 2 aliphatic rings. The van der Waals surface area contributed by atoms with Crippen LogP contribution in [0.2, 0.25) is 0 Å². The van der Waals surface area contributed by atoms with E-state index < -0.39 is 0 Å². The molecule has 3 aromatic rings. The first-order valence-corrected chi connectivity index (χ1v) is 11.3. The van der Waals surface area contributed by atoms with Crippen LogP contribution in [-0.2, 0) is 13.0 Å². The van der Waals surface area contributed by atoms with Crippen molar-refractivity contribution in [3.05, 3.63) is 53.5 Å². The molecule has 0 spiro atoms. The molecule has 0 unspecified atom stereocenters. The van der Waals surface area contributed by atoms with Gasteiger partial charge in [-0.1, -0.05) is 30.3 Å². The summed E-state index contributed by atoms with van der Waals surface area (Å²) in [6.45, 7) is 9.37. The van der Waals surface area contributed by atoms with Crippen molar-refractivity contribution < 1.29 is 0 Å². The molecule has 8 heteroatoms. The third-order valence-electron chi connectivity index (χ3n) is 6.40. The maximum Gasteiger partial charge on any atom is 0.254 e. The van der Waals surface area contributed by atoms with Crippen LogP contribution in [0.4, 0.5) is 5.82 Å². The number of nitrogens with zero attached hydrogens (tertiary/aromatic N) is 8. The number of rotatable bonds is 5. The molecule has 0 radical (unpaired) electrons. The number of anilines is 1. The minimum absolute atomic E-state index is 0.714. The number of likely N-dealkylation sites (N-methyl/N-ethyl adjacent to an activating group) is 2. The van der Waals surface area contributed by atoms with Gasteiger partial charge >= 0.3 is 0 Å². The van der Waals surface area contributed by atoms with Crippen LogP contribution in [0.5, 0.6) is 0 Å². The largest absolute Gasteiger partial charge is 0.354 e. The van der Waals surface area contributed by atoms with Crippen LogP contribution < -0.4 is 4.90 Å². The Morgan fingerprint density at radius 3 is 2.19 bits per heavy atom. The van der Waals surface area contributed by atoms with Gasteiger partial charge in [0.2, 0.25) is 0 Å². The highest BCUT2D eigenvalue weighted by Crippen LogP contribution is 2.20. The molecule has 0 atom stereocenters. The molecule has 5 rings (SSSR count). The number of hydrogen-bond acceptors (Lipinski definition) is 7. The predicted molar refractivity (Wildman–Crippen MR) is 123 cm³/mol. The van der Waals surface area contributed by atoms with E-state index in [2.05, 4.69) is 64.0 Å². The zero-order chi connectivity index (χ0) is 21.2. The average molecular weight is 421 g/mol. The molecule has 2 aromatic heterocycles. The van der Waals surface area contributed by atoms with Gasteiger partial charge in [0.05, 0.1) is 5.69 Å².